The van der Waals surface area contributed by atoms with Gasteiger partial charge < -0.3 is 14.5 Å². The van der Waals surface area contributed by atoms with Gasteiger partial charge in [0.2, 0.25) is 0 Å². The highest BCUT2D eigenvalue weighted by Crippen LogP contribution is 2.32. The molecule has 0 aliphatic heterocycles. The molecule has 1 aromatic carbocycles. The van der Waals surface area contributed by atoms with E-state index in [-0.39, 0.29) is 11.5 Å². The summed E-state index contributed by atoms with van der Waals surface area (Å²) < 4.78 is 10.6. The summed E-state index contributed by atoms with van der Waals surface area (Å²) in [4.78, 5) is 12.0. The normalized spacial score (nSPS) is 15.8. The molecule has 1 aliphatic carbocycles. The van der Waals surface area contributed by atoms with Gasteiger partial charge in [-0.05, 0) is 17.2 Å². The fourth-order valence-corrected chi connectivity index (χ4v) is 2.74. The third-order valence-electron chi connectivity index (χ3n) is 3.93. The van der Waals surface area contributed by atoms with E-state index in [0.717, 1.165) is 12.8 Å². The van der Waals surface area contributed by atoms with Gasteiger partial charge >= 0.3 is 0 Å². The van der Waals surface area contributed by atoms with Crippen LogP contribution in [0.5, 0.6) is 0 Å². The molecule has 0 atom stereocenters. The third kappa shape index (κ3) is 2.34. The average Bonchev–Trinajstić information content (AvgIpc) is 3.12. The lowest BCUT2D eigenvalue weighted by atomic mass is 10.00. The standard InChI is InChI=1S/C16H17NO3/c1-19-16(8-12-4-2-3-5-13(12)9-16)11-17-15(18)14-6-7-20-10-14/h2-7,10H,8-9,11H2,1H3,(H,17,18). The molecule has 0 bridgehead atoms. The molecule has 20 heavy (non-hydrogen) atoms. The van der Waals surface area contributed by atoms with Crippen molar-refractivity contribution in [1.29, 1.82) is 0 Å². The topological polar surface area (TPSA) is 51.5 Å². The van der Waals surface area contributed by atoms with Crippen LogP contribution in [0.25, 0.3) is 0 Å². The Labute approximate surface area is 117 Å². The minimum Gasteiger partial charge on any atom is -0.472 e. The quantitative estimate of drug-likeness (QED) is 0.927. The summed E-state index contributed by atoms with van der Waals surface area (Å²) in [6.45, 7) is 0.488. The number of amides is 1. The maximum absolute atomic E-state index is 12.0. The molecule has 1 amide bonds. The van der Waals surface area contributed by atoms with E-state index in [9.17, 15) is 4.79 Å². The molecule has 0 radical (unpaired) electrons. The fourth-order valence-electron chi connectivity index (χ4n) is 2.74. The highest BCUT2D eigenvalue weighted by molar-refractivity contribution is 5.93. The van der Waals surface area contributed by atoms with Gasteiger partial charge in [0.05, 0.1) is 17.4 Å². The first-order valence-electron chi connectivity index (χ1n) is 6.65. The van der Waals surface area contributed by atoms with Crippen LogP contribution in [0.4, 0.5) is 0 Å². The van der Waals surface area contributed by atoms with E-state index in [0.29, 0.717) is 12.1 Å². The second-order valence-electron chi connectivity index (χ2n) is 5.20. The molecule has 1 heterocycles. The summed E-state index contributed by atoms with van der Waals surface area (Å²) in [5, 5.41) is 2.93. The Hall–Kier alpha value is -2.07. The number of nitrogens with one attached hydrogen (secondary N) is 1. The van der Waals surface area contributed by atoms with Gasteiger partial charge in [0.25, 0.3) is 5.91 Å². The Balaban J connectivity index is 1.69. The molecule has 0 fully saturated rings. The number of benzene rings is 1. The van der Waals surface area contributed by atoms with Crippen LogP contribution in [0.1, 0.15) is 21.5 Å². The highest BCUT2D eigenvalue weighted by atomic mass is 16.5. The molecule has 2 aromatic rings. The van der Waals surface area contributed by atoms with Crippen molar-refractivity contribution in [2.24, 2.45) is 0 Å². The average molecular weight is 271 g/mol. The zero-order valence-electron chi connectivity index (χ0n) is 11.4. The van der Waals surface area contributed by atoms with E-state index in [2.05, 4.69) is 17.4 Å². The monoisotopic (exact) mass is 271 g/mol. The maximum atomic E-state index is 12.0. The van der Waals surface area contributed by atoms with Crippen LogP contribution >= 0.6 is 0 Å². The molecular formula is C16H17NO3. The Bertz CT molecular complexity index is 579. The fraction of sp³-hybridized carbons (Fsp3) is 0.312. The van der Waals surface area contributed by atoms with Crippen molar-refractivity contribution >= 4 is 5.91 Å². The van der Waals surface area contributed by atoms with Crippen LogP contribution in [-0.4, -0.2) is 25.2 Å². The maximum Gasteiger partial charge on any atom is 0.254 e. The van der Waals surface area contributed by atoms with Gasteiger partial charge in [-0.25, -0.2) is 0 Å². The number of carbonyl (C=O) groups is 1. The minimum absolute atomic E-state index is 0.133. The van der Waals surface area contributed by atoms with Crippen LogP contribution in [0.15, 0.2) is 47.3 Å². The first kappa shape index (κ1) is 12.9. The van der Waals surface area contributed by atoms with Crippen LogP contribution in [-0.2, 0) is 17.6 Å². The predicted molar refractivity (Wildman–Crippen MR) is 74.6 cm³/mol. The molecule has 1 aromatic heterocycles. The zero-order chi connectivity index (χ0) is 14.0. The number of ether oxygens (including phenoxy) is 1. The lowest BCUT2D eigenvalue weighted by Crippen LogP contribution is -2.45. The lowest BCUT2D eigenvalue weighted by molar-refractivity contribution is 0.000171. The number of hydrogen-bond donors (Lipinski definition) is 1. The van der Waals surface area contributed by atoms with Crippen LogP contribution in [0.3, 0.4) is 0 Å². The van der Waals surface area contributed by atoms with Crippen molar-refractivity contribution in [3.63, 3.8) is 0 Å². The Morgan fingerprint density at radius 2 is 2.00 bits per heavy atom. The van der Waals surface area contributed by atoms with Crippen molar-refractivity contribution in [1.82, 2.24) is 5.32 Å². The first-order chi connectivity index (χ1) is 9.72. The first-order valence-corrected chi connectivity index (χ1v) is 6.65. The number of hydrogen-bond acceptors (Lipinski definition) is 3. The largest absolute Gasteiger partial charge is 0.472 e. The molecule has 1 N–H and O–H groups in total. The van der Waals surface area contributed by atoms with Crippen molar-refractivity contribution in [3.8, 4) is 0 Å². The van der Waals surface area contributed by atoms with Gasteiger partial charge in [-0.2, -0.15) is 0 Å². The van der Waals surface area contributed by atoms with Gasteiger partial charge in [0.1, 0.15) is 6.26 Å². The summed E-state index contributed by atoms with van der Waals surface area (Å²) in [7, 11) is 1.70. The van der Waals surface area contributed by atoms with E-state index >= 15 is 0 Å². The highest BCUT2D eigenvalue weighted by Gasteiger charge is 2.37. The van der Waals surface area contributed by atoms with E-state index in [1.165, 1.54) is 23.7 Å². The molecule has 0 spiro atoms. The molecule has 0 unspecified atom stereocenters. The SMILES string of the molecule is COC1(CNC(=O)c2ccoc2)Cc2ccccc2C1. The van der Waals surface area contributed by atoms with Crippen LogP contribution in [0.2, 0.25) is 0 Å². The van der Waals surface area contributed by atoms with Crippen molar-refractivity contribution in [3.05, 3.63) is 59.5 Å². The van der Waals surface area contributed by atoms with Gasteiger partial charge in [0.15, 0.2) is 0 Å². The minimum atomic E-state index is -0.344. The van der Waals surface area contributed by atoms with E-state index in [1.807, 2.05) is 12.1 Å². The molecule has 104 valence electrons. The Kier molecular flexibility index (Phi) is 3.32. The Morgan fingerprint density at radius 1 is 1.30 bits per heavy atom. The number of rotatable bonds is 4. The van der Waals surface area contributed by atoms with Crippen molar-refractivity contribution in [2.45, 2.75) is 18.4 Å². The third-order valence-corrected chi connectivity index (χ3v) is 3.93. The second-order valence-corrected chi connectivity index (χ2v) is 5.20. The van der Waals surface area contributed by atoms with Gasteiger partial charge in [0, 0.05) is 26.5 Å². The molecule has 4 nitrogen and oxygen atoms in total. The molecule has 1 aliphatic rings. The lowest BCUT2D eigenvalue weighted by Gasteiger charge is -2.27. The summed E-state index contributed by atoms with van der Waals surface area (Å²) >= 11 is 0. The number of carbonyl (C=O) groups excluding carboxylic acids is 1. The van der Waals surface area contributed by atoms with E-state index in [4.69, 9.17) is 9.15 Å². The molecule has 0 saturated carbocycles. The summed E-state index contributed by atoms with van der Waals surface area (Å²) in [5.41, 5.74) is 2.79. The zero-order valence-corrected chi connectivity index (χ0v) is 11.4. The second kappa shape index (κ2) is 5.13. The smallest absolute Gasteiger partial charge is 0.254 e. The van der Waals surface area contributed by atoms with Gasteiger partial charge in [-0.3, -0.25) is 4.79 Å². The van der Waals surface area contributed by atoms with Crippen molar-refractivity contribution in [2.75, 3.05) is 13.7 Å². The molecule has 3 rings (SSSR count). The summed E-state index contributed by atoms with van der Waals surface area (Å²) in [6.07, 6.45) is 4.58. The summed E-state index contributed by atoms with van der Waals surface area (Å²) in [6, 6.07) is 9.96. The van der Waals surface area contributed by atoms with Gasteiger partial charge in [-0.1, -0.05) is 24.3 Å². The van der Waals surface area contributed by atoms with Gasteiger partial charge in [-0.15, -0.1) is 0 Å². The van der Waals surface area contributed by atoms with Crippen molar-refractivity contribution < 1.29 is 13.9 Å². The number of fused-ring (bicyclic) bond motifs is 1. The predicted octanol–water partition coefficient (Wildman–Crippen LogP) is 2.19. The Morgan fingerprint density at radius 3 is 2.55 bits per heavy atom. The number of methoxy groups -OCH3 is 1. The van der Waals surface area contributed by atoms with E-state index in [1.54, 1.807) is 13.2 Å². The summed E-state index contributed by atoms with van der Waals surface area (Å²) in [5.74, 6) is -0.133. The van der Waals surface area contributed by atoms with Crippen LogP contribution < -0.4 is 5.32 Å². The molecule has 0 saturated heterocycles. The molecule has 4 heteroatoms. The van der Waals surface area contributed by atoms with Crippen LogP contribution in [0, 0.1) is 0 Å². The number of furan rings is 1. The molecular weight excluding hydrogens is 254 g/mol. The van der Waals surface area contributed by atoms with E-state index < -0.39 is 0 Å².